The summed E-state index contributed by atoms with van der Waals surface area (Å²) in [5.41, 5.74) is 0.793. The first-order valence-electron chi connectivity index (χ1n) is 8.89. The molecule has 3 rings (SSSR count). The van der Waals surface area contributed by atoms with Crippen LogP contribution in [0, 0.1) is 32.6 Å². The monoisotopic (exact) mass is 403 g/mol. The highest BCUT2D eigenvalue weighted by Crippen LogP contribution is 2.39. The average Bonchev–Trinajstić information content (AvgIpc) is 2.86. The van der Waals surface area contributed by atoms with Crippen molar-refractivity contribution in [3.63, 3.8) is 0 Å². The Morgan fingerprint density at radius 2 is 1.83 bits per heavy atom. The van der Waals surface area contributed by atoms with Crippen molar-refractivity contribution in [2.75, 3.05) is 0 Å². The van der Waals surface area contributed by atoms with E-state index in [4.69, 9.17) is 14.2 Å². The van der Waals surface area contributed by atoms with Crippen LogP contribution in [-0.2, 0) is 22.7 Å². The van der Waals surface area contributed by atoms with Gasteiger partial charge >= 0.3 is 5.69 Å². The number of aryl methyl sites for hydroxylation is 1. The largest absolute Gasteiger partial charge is 0.448 e. The molecule has 1 aliphatic rings. The minimum absolute atomic E-state index is 0.114. The van der Waals surface area contributed by atoms with Crippen LogP contribution in [0.4, 0.5) is 11.4 Å². The van der Waals surface area contributed by atoms with Gasteiger partial charge in [0.2, 0.25) is 5.75 Å². The topological polar surface area (TPSA) is 127 Å². The number of nitro benzene ring substituents is 2. The van der Waals surface area contributed by atoms with E-state index in [2.05, 4.69) is 4.98 Å². The zero-order valence-electron chi connectivity index (χ0n) is 16.5. The number of rotatable bonds is 4. The molecular formula is C19H21N3O7. The van der Waals surface area contributed by atoms with Crippen molar-refractivity contribution in [3.8, 4) is 11.5 Å². The molecule has 0 saturated carbocycles. The maximum absolute atomic E-state index is 11.4. The second kappa shape index (κ2) is 7.72. The number of pyridine rings is 1. The van der Waals surface area contributed by atoms with E-state index in [1.165, 1.54) is 6.07 Å². The van der Waals surface area contributed by atoms with Crippen molar-refractivity contribution < 1.29 is 24.1 Å². The summed E-state index contributed by atoms with van der Waals surface area (Å²) >= 11 is 0. The third kappa shape index (κ3) is 4.33. The van der Waals surface area contributed by atoms with Crippen molar-refractivity contribution in [1.82, 2.24) is 4.98 Å². The number of benzene rings is 1. The fraction of sp³-hybridized carbons (Fsp3) is 0.421. The zero-order chi connectivity index (χ0) is 21.3. The Kier molecular flexibility index (Phi) is 5.49. The summed E-state index contributed by atoms with van der Waals surface area (Å²) in [6, 6.07) is 3.23. The van der Waals surface area contributed by atoms with Crippen molar-refractivity contribution in [1.29, 1.82) is 0 Å². The number of fused-ring (bicyclic) bond motifs is 1. The molecule has 10 nitrogen and oxygen atoms in total. The summed E-state index contributed by atoms with van der Waals surface area (Å²) in [5.74, 6) is 0.203. The quantitative estimate of drug-likeness (QED) is 0.542. The Morgan fingerprint density at radius 1 is 1.14 bits per heavy atom. The number of non-ortho nitro benzene ring substituents is 1. The summed E-state index contributed by atoms with van der Waals surface area (Å²) in [6.45, 7) is 8.12. The molecule has 1 unspecified atom stereocenters. The van der Waals surface area contributed by atoms with E-state index in [0.29, 0.717) is 17.0 Å². The van der Waals surface area contributed by atoms with E-state index in [-0.39, 0.29) is 24.4 Å². The lowest BCUT2D eigenvalue weighted by Crippen LogP contribution is -2.30. The van der Waals surface area contributed by atoms with Gasteiger partial charge < -0.3 is 14.2 Å². The highest BCUT2D eigenvalue weighted by Gasteiger charge is 2.31. The van der Waals surface area contributed by atoms with E-state index in [9.17, 15) is 20.2 Å². The number of aromatic nitrogens is 1. The van der Waals surface area contributed by atoms with E-state index in [1.807, 2.05) is 20.8 Å². The molecule has 0 bridgehead atoms. The summed E-state index contributed by atoms with van der Waals surface area (Å²) in [6.07, 6.45) is 1.22. The molecule has 0 radical (unpaired) electrons. The fourth-order valence-corrected chi connectivity index (χ4v) is 2.92. The molecule has 1 atom stereocenters. The molecule has 0 aliphatic carbocycles. The lowest BCUT2D eigenvalue weighted by Gasteiger charge is -2.28. The first-order valence-corrected chi connectivity index (χ1v) is 8.89. The molecule has 10 heteroatoms. The molecule has 1 aliphatic heterocycles. The Morgan fingerprint density at radius 3 is 2.45 bits per heavy atom. The SMILES string of the molecule is Cc1ncc2c(c1Oc1ccc([N+](=O)[O-])cc1[N+](=O)[O-])COC(C(C)(C)C)OC2. The number of nitrogens with zero attached hydrogens (tertiary/aromatic N) is 3. The van der Waals surface area contributed by atoms with Gasteiger partial charge in [0, 0.05) is 28.8 Å². The van der Waals surface area contributed by atoms with Crippen LogP contribution in [-0.4, -0.2) is 21.1 Å². The Bertz CT molecular complexity index is 969. The molecule has 0 spiro atoms. The minimum Gasteiger partial charge on any atom is -0.448 e. The van der Waals surface area contributed by atoms with Crippen LogP contribution < -0.4 is 4.74 Å². The molecule has 2 aromatic rings. The highest BCUT2D eigenvalue weighted by molar-refractivity contribution is 5.56. The zero-order valence-corrected chi connectivity index (χ0v) is 16.5. The van der Waals surface area contributed by atoms with Gasteiger partial charge in [-0.05, 0) is 13.0 Å². The van der Waals surface area contributed by atoms with Crippen LogP contribution in [0.15, 0.2) is 24.4 Å². The van der Waals surface area contributed by atoms with E-state index in [1.54, 1.807) is 13.1 Å². The fourth-order valence-electron chi connectivity index (χ4n) is 2.92. The van der Waals surface area contributed by atoms with E-state index in [0.717, 1.165) is 17.7 Å². The second-order valence-corrected chi connectivity index (χ2v) is 7.76. The molecule has 0 amide bonds. The molecular weight excluding hydrogens is 382 g/mol. The molecule has 1 aromatic heterocycles. The normalized spacial score (nSPS) is 16.6. The van der Waals surface area contributed by atoms with Crippen LogP contribution in [0.5, 0.6) is 11.5 Å². The predicted octanol–water partition coefficient (Wildman–Crippen LogP) is 4.42. The Labute approximate surface area is 166 Å². The van der Waals surface area contributed by atoms with Gasteiger partial charge in [0.25, 0.3) is 5.69 Å². The molecule has 2 heterocycles. The molecule has 29 heavy (non-hydrogen) atoms. The highest BCUT2D eigenvalue weighted by atomic mass is 16.7. The number of hydrogen-bond acceptors (Lipinski definition) is 8. The van der Waals surface area contributed by atoms with Crippen LogP contribution >= 0.6 is 0 Å². The van der Waals surface area contributed by atoms with Gasteiger partial charge in [0.1, 0.15) is 0 Å². The van der Waals surface area contributed by atoms with Crippen molar-refractivity contribution >= 4 is 11.4 Å². The van der Waals surface area contributed by atoms with Crippen molar-refractivity contribution in [2.45, 2.75) is 47.2 Å². The summed E-state index contributed by atoms with van der Waals surface area (Å²) in [5, 5.41) is 22.4. The Hall–Kier alpha value is -3.11. The van der Waals surface area contributed by atoms with Crippen molar-refractivity contribution in [3.05, 3.63) is 61.4 Å². The van der Waals surface area contributed by atoms with Gasteiger partial charge in [-0.15, -0.1) is 0 Å². The second-order valence-electron chi connectivity index (χ2n) is 7.76. The van der Waals surface area contributed by atoms with Crippen molar-refractivity contribution in [2.24, 2.45) is 5.41 Å². The number of ether oxygens (including phenoxy) is 3. The number of hydrogen-bond donors (Lipinski definition) is 0. The predicted molar refractivity (Wildman–Crippen MR) is 102 cm³/mol. The third-order valence-electron chi connectivity index (χ3n) is 4.44. The Balaban J connectivity index is 2.00. The summed E-state index contributed by atoms with van der Waals surface area (Å²) in [7, 11) is 0. The number of nitro groups is 2. The van der Waals surface area contributed by atoms with Gasteiger partial charge in [0.15, 0.2) is 12.0 Å². The molecule has 154 valence electrons. The standard InChI is InChI=1S/C19H21N3O7/c1-11-17(29-16-6-5-13(21(23)24)7-15(16)22(25)26)14-10-28-18(19(2,3)4)27-9-12(14)8-20-11/h5-8,18H,9-10H2,1-4H3. The van der Waals surface area contributed by atoms with Crippen LogP contribution in [0.3, 0.4) is 0 Å². The molecule has 0 saturated heterocycles. The van der Waals surface area contributed by atoms with Gasteiger partial charge in [0.05, 0.1) is 34.8 Å². The van der Waals surface area contributed by atoms with Gasteiger partial charge in [-0.3, -0.25) is 25.2 Å². The van der Waals surface area contributed by atoms with E-state index >= 15 is 0 Å². The molecule has 0 N–H and O–H groups in total. The van der Waals surface area contributed by atoms with E-state index < -0.39 is 27.5 Å². The van der Waals surface area contributed by atoms with Gasteiger partial charge in [-0.1, -0.05) is 20.8 Å². The minimum atomic E-state index is -0.720. The average molecular weight is 403 g/mol. The molecule has 1 aromatic carbocycles. The summed E-state index contributed by atoms with van der Waals surface area (Å²) in [4.78, 5) is 25.2. The van der Waals surface area contributed by atoms with Gasteiger partial charge in [-0.2, -0.15) is 0 Å². The van der Waals surface area contributed by atoms with Crippen LogP contribution in [0.1, 0.15) is 37.6 Å². The maximum atomic E-state index is 11.4. The van der Waals surface area contributed by atoms with Crippen LogP contribution in [0.2, 0.25) is 0 Å². The smallest absolute Gasteiger partial charge is 0.318 e. The first-order chi connectivity index (χ1) is 13.6. The summed E-state index contributed by atoms with van der Waals surface area (Å²) < 4.78 is 17.6. The van der Waals surface area contributed by atoms with Gasteiger partial charge in [-0.25, -0.2) is 0 Å². The lowest BCUT2D eigenvalue weighted by molar-refractivity contribution is -0.394. The molecule has 0 fully saturated rings. The maximum Gasteiger partial charge on any atom is 0.318 e. The lowest BCUT2D eigenvalue weighted by atomic mass is 9.96. The first kappa shape index (κ1) is 20.6. The van der Waals surface area contributed by atoms with Crippen LogP contribution in [0.25, 0.3) is 0 Å². The third-order valence-corrected chi connectivity index (χ3v) is 4.44.